The lowest BCUT2D eigenvalue weighted by atomic mass is 9.95. The Kier molecular flexibility index (Phi) is 5.73. The smallest absolute Gasteiger partial charge is 0.0779 e. The van der Waals surface area contributed by atoms with E-state index in [9.17, 15) is 0 Å². The molecule has 3 nitrogen and oxygen atoms in total. The van der Waals surface area contributed by atoms with Gasteiger partial charge in [-0.1, -0.05) is 20.3 Å². The Morgan fingerprint density at radius 2 is 2.25 bits per heavy atom. The van der Waals surface area contributed by atoms with Crippen molar-refractivity contribution >= 4 is 0 Å². The molecule has 96 valence electrons. The van der Waals surface area contributed by atoms with Gasteiger partial charge in [0.05, 0.1) is 5.60 Å². The fraction of sp³-hybridized carbons (Fsp3) is 1.00. The zero-order valence-corrected chi connectivity index (χ0v) is 11.1. The molecule has 16 heavy (non-hydrogen) atoms. The van der Waals surface area contributed by atoms with Crippen LogP contribution in [0, 0.1) is 5.92 Å². The Morgan fingerprint density at radius 3 is 2.75 bits per heavy atom. The van der Waals surface area contributed by atoms with Gasteiger partial charge in [0.15, 0.2) is 0 Å². The average Bonchev–Trinajstić information content (AvgIpc) is 2.67. The van der Waals surface area contributed by atoms with Crippen molar-refractivity contribution < 1.29 is 4.74 Å². The molecule has 1 saturated heterocycles. The summed E-state index contributed by atoms with van der Waals surface area (Å²) < 4.78 is 5.77. The van der Waals surface area contributed by atoms with Crippen LogP contribution in [0.4, 0.5) is 0 Å². The molecule has 3 atom stereocenters. The van der Waals surface area contributed by atoms with E-state index in [1.807, 2.05) is 0 Å². The van der Waals surface area contributed by atoms with Gasteiger partial charge in [0.1, 0.15) is 0 Å². The first-order valence-corrected chi connectivity index (χ1v) is 6.68. The molecule has 1 rings (SSSR count). The fourth-order valence-electron chi connectivity index (χ4n) is 2.50. The van der Waals surface area contributed by atoms with Crippen LogP contribution in [0.3, 0.4) is 0 Å². The number of nitrogens with one attached hydrogen (secondary N) is 1. The maximum atomic E-state index is 5.83. The molecule has 3 heteroatoms. The molecular formula is C13H28N2O. The van der Waals surface area contributed by atoms with Crippen LogP contribution in [0.2, 0.25) is 0 Å². The number of nitrogens with two attached hydrogens (primary N) is 1. The van der Waals surface area contributed by atoms with Crippen LogP contribution in [0.5, 0.6) is 0 Å². The monoisotopic (exact) mass is 228 g/mol. The van der Waals surface area contributed by atoms with Crippen LogP contribution in [0.15, 0.2) is 0 Å². The summed E-state index contributed by atoms with van der Waals surface area (Å²) in [4.78, 5) is 0. The number of ether oxygens (including phenoxy) is 1. The van der Waals surface area contributed by atoms with E-state index < -0.39 is 0 Å². The summed E-state index contributed by atoms with van der Waals surface area (Å²) in [5, 5.41) is 3.59. The second-order valence-electron chi connectivity index (χ2n) is 5.39. The minimum absolute atomic E-state index is 0.0410. The molecule has 0 aliphatic carbocycles. The van der Waals surface area contributed by atoms with Crippen LogP contribution in [-0.4, -0.2) is 31.3 Å². The molecule has 1 aliphatic heterocycles. The van der Waals surface area contributed by atoms with E-state index in [0.29, 0.717) is 12.0 Å². The van der Waals surface area contributed by atoms with Crippen molar-refractivity contribution in [3.63, 3.8) is 0 Å². The first kappa shape index (κ1) is 13.9. The maximum absolute atomic E-state index is 5.83. The second kappa shape index (κ2) is 6.58. The van der Waals surface area contributed by atoms with Crippen LogP contribution in [0.1, 0.15) is 46.5 Å². The highest BCUT2D eigenvalue weighted by atomic mass is 16.5. The molecule has 0 amide bonds. The third kappa shape index (κ3) is 4.04. The van der Waals surface area contributed by atoms with Gasteiger partial charge in [-0.25, -0.2) is 0 Å². The van der Waals surface area contributed by atoms with Gasteiger partial charge in [0, 0.05) is 25.7 Å². The van der Waals surface area contributed by atoms with E-state index in [2.05, 4.69) is 26.1 Å². The quantitative estimate of drug-likeness (QED) is 0.700. The summed E-state index contributed by atoms with van der Waals surface area (Å²) >= 11 is 0. The van der Waals surface area contributed by atoms with Crippen LogP contribution in [-0.2, 0) is 4.74 Å². The van der Waals surface area contributed by atoms with Gasteiger partial charge in [-0.05, 0) is 32.1 Å². The molecule has 0 saturated carbocycles. The molecule has 1 heterocycles. The third-order valence-electron chi connectivity index (χ3n) is 3.72. The topological polar surface area (TPSA) is 47.3 Å². The minimum atomic E-state index is 0.0410. The lowest BCUT2D eigenvalue weighted by Crippen LogP contribution is -2.48. The highest BCUT2D eigenvalue weighted by Gasteiger charge is 2.30. The summed E-state index contributed by atoms with van der Waals surface area (Å²) in [7, 11) is 0. The summed E-state index contributed by atoms with van der Waals surface area (Å²) in [6.07, 6.45) is 4.83. The predicted octanol–water partition coefficient (Wildman–Crippen LogP) is 1.91. The molecule has 0 aromatic carbocycles. The molecule has 3 N–H and O–H groups in total. The lowest BCUT2D eigenvalue weighted by molar-refractivity contribution is 0.0175. The van der Waals surface area contributed by atoms with Crippen molar-refractivity contribution in [2.75, 3.05) is 19.7 Å². The van der Waals surface area contributed by atoms with Gasteiger partial charge in [-0.3, -0.25) is 0 Å². The molecule has 0 radical (unpaired) electrons. The Hall–Kier alpha value is -0.120. The van der Waals surface area contributed by atoms with E-state index >= 15 is 0 Å². The third-order valence-corrected chi connectivity index (χ3v) is 3.72. The molecule has 1 aliphatic rings. The van der Waals surface area contributed by atoms with Gasteiger partial charge >= 0.3 is 0 Å². The SMILES string of the molecule is CCCC(C)C(CN)NCC1(C)CCCO1. The number of rotatable bonds is 7. The van der Waals surface area contributed by atoms with Gasteiger partial charge in [0.2, 0.25) is 0 Å². The molecule has 3 unspecified atom stereocenters. The number of hydrogen-bond donors (Lipinski definition) is 2. The van der Waals surface area contributed by atoms with Crippen molar-refractivity contribution in [3.8, 4) is 0 Å². The largest absolute Gasteiger partial charge is 0.374 e. The standard InChI is InChI=1S/C13H28N2O/c1-4-6-11(2)12(9-14)15-10-13(3)7-5-8-16-13/h11-12,15H,4-10,14H2,1-3H3. The second-order valence-corrected chi connectivity index (χ2v) is 5.39. The average molecular weight is 228 g/mol. The highest BCUT2D eigenvalue weighted by Crippen LogP contribution is 2.24. The summed E-state index contributed by atoms with van der Waals surface area (Å²) in [5.41, 5.74) is 5.87. The van der Waals surface area contributed by atoms with Crippen molar-refractivity contribution in [2.45, 2.75) is 58.1 Å². The highest BCUT2D eigenvalue weighted by molar-refractivity contribution is 4.85. The van der Waals surface area contributed by atoms with E-state index in [1.165, 1.54) is 25.7 Å². The van der Waals surface area contributed by atoms with Gasteiger partial charge in [-0.15, -0.1) is 0 Å². The molecule has 0 aromatic heterocycles. The normalized spacial score (nSPS) is 29.2. The van der Waals surface area contributed by atoms with E-state index in [0.717, 1.165) is 19.7 Å². The van der Waals surface area contributed by atoms with Crippen molar-refractivity contribution in [1.82, 2.24) is 5.32 Å². The fourth-order valence-corrected chi connectivity index (χ4v) is 2.50. The van der Waals surface area contributed by atoms with Crippen LogP contribution in [0.25, 0.3) is 0 Å². The van der Waals surface area contributed by atoms with E-state index in [4.69, 9.17) is 10.5 Å². The van der Waals surface area contributed by atoms with Crippen molar-refractivity contribution in [2.24, 2.45) is 11.7 Å². The molecule has 1 fully saturated rings. The summed E-state index contributed by atoms with van der Waals surface area (Å²) in [6.45, 7) is 9.28. The van der Waals surface area contributed by atoms with E-state index in [1.54, 1.807) is 0 Å². The van der Waals surface area contributed by atoms with Crippen LogP contribution >= 0.6 is 0 Å². The summed E-state index contributed by atoms with van der Waals surface area (Å²) in [6, 6.07) is 0.431. The zero-order valence-electron chi connectivity index (χ0n) is 11.1. The lowest BCUT2D eigenvalue weighted by Gasteiger charge is -2.29. The Bertz CT molecular complexity index is 190. The molecule has 0 spiro atoms. The first-order chi connectivity index (χ1) is 7.61. The minimum Gasteiger partial charge on any atom is -0.374 e. The Labute approximate surface area is 100 Å². The predicted molar refractivity (Wildman–Crippen MR) is 68.5 cm³/mol. The molecular weight excluding hydrogens is 200 g/mol. The van der Waals surface area contributed by atoms with Crippen LogP contribution < -0.4 is 11.1 Å². The van der Waals surface area contributed by atoms with Gasteiger partial charge < -0.3 is 15.8 Å². The zero-order chi connectivity index (χ0) is 12.0. The van der Waals surface area contributed by atoms with Gasteiger partial charge in [0.25, 0.3) is 0 Å². The van der Waals surface area contributed by atoms with Crippen molar-refractivity contribution in [1.29, 1.82) is 0 Å². The van der Waals surface area contributed by atoms with E-state index in [-0.39, 0.29) is 5.60 Å². The molecule has 0 aromatic rings. The Balaban J connectivity index is 2.32. The number of hydrogen-bond acceptors (Lipinski definition) is 3. The first-order valence-electron chi connectivity index (χ1n) is 6.68. The van der Waals surface area contributed by atoms with Gasteiger partial charge in [-0.2, -0.15) is 0 Å². The maximum Gasteiger partial charge on any atom is 0.0779 e. The molecule has 0 bridgehead atoms. The summed E-state index contributed by atoms with van der Waals surface area (Å²) in [5.74, 6) is 0.653. The Morgan fingerprint density at radius 1 is 1.50 bits per heavy atom. The van der Waals surface area contributed by atoms with Crippen molar-refractivity contribution in [3.05, 3.63) is 0 Å².